The van der Waals surface area contributed by atoms with Crippen molar-refractivity contribution in [1.29, 1.82) is 0 Å². The van der Waals surface area contributed by atoms with E-state index in [4.69, 9.17) is 9.47 Å². The Morgan fingerprint density at radius 1 is 0.947 bits per heavy atom. The monoisotopic (exact) mass is 260 g/mol. The zero-order chi connectivity index (χ0) is 13.8. The van der Waals surface area contributed by atoms with Crippen LogP contribution >= 0.6 is 0 Å². The summed E-state index contributed by atoms with van der Waals surface area (Å²) in [6, 6.07) is 10.4. The van der Waals surface area contributed by atoms with Gasteiger partial charge in [0.25, 0.3) is 0 Å². The van der Waals surface area contributed by atoms with E-state index in [2.05, 4.69) is 0 Å². The maximum absolute atomic E-state index is 13.1. The molecule has 0 aromatic heterocycles. The van der Waals surface area contributed by atoms with Gasteiger partial charge in [-0.05, 0) is 24.3 Å². The Bertz CT molecular complexity index is 586. The molecule has 0 radical (unpaired) electrons. The van der Waals surface area contributed by atoms with Crippen LogP contribution in [0.4, 0.5) is 4.39 Å². The minimum Gasteiger partial charge on any atom is -0.497 e. The minimum absolute atomic E-state index is 0.281. The zero-order valence-electron chi connectivity index (χ0n) is 10.6. The minimum atomic E-state index is -0.444. The van der Waals surface area contributed by atoms with Crippen molar-refractivity contribution in [1.82, 2.24) is 0 Å². The molecule has 0 fully saturated rings. The Balaban J connectivity index is 2.43. The molecule has 98 valence electrons. The van der Waals surface area contributed by atoms with Crippen molar-refractivity contribution in [2.75, 3.05) is 14.2 Å². The van der Waals surface area contributed by atoms with Gasteiger partial charge in [0.1, 0.15) is 17.3 Å². The molecule has 3 nitrogen and oxygen atoms in total. The van der Waals surface area contributed by atoms with Gasteiger partial charge in [0.2, 0.25) is 0 Å². The lowest BCUT2D eigenvalue weighted by molar-refractivity contribution is 0.103. The molecule has 0 N–H and O–H groups in total. The summed E-state index contributed by atoms with van der Waals surface area (Å²) >= 11 is 0. The Labute approximate surface area is 110 Å². The summed E-state index contributed by atoms with van der Waals surface area (Å²) in [5.74, 6) is 0.301. The van der Waals surface area contributed by atoms with Gasteiger partial charge in [-0.3, -0.25) is 4.79 Å². The molecule has 0 bridgehead atoms. The van der Waals surface area contributed by atoms with Crippen molar-refractivity contribution in [3.8, 4) is 11.5 Å². The normalized spacial score (nSPS) is 10.1. The van der Waals surface area contributed by atoms with Crippen LogP contribution in [0.5, 0.6) is 11.5 Å². The van der Waals surface area contributed by atoms with Gasteiger partial charge in [-0.25, -0.2) is 4.39 Å². The molecule has 19 heavy (non-hydrogen) atoms. The van der Waals surface area contributed by atoms with Crippen LogP contribution in [0.1, 0.15) is 15.9 Å². The van der Waals surface area contributed by atoms with Crippen molar-refractivity contribution in [3.63, 3.8) is 0 Å². The number of methoxy groups -OCH3 is 2. The van der Waals surface area contributed by atoms with Crippen LogP contribution in [0.3, 0.4) is 0 Å². The first-order valence-electron chi connectivity index (χ1n) is 5.67. The van der Waals surface area contributed by atoms with Gasteiger partial charge in [0, 0.05) is 17.2 Å². The second-order valence-electron chi connectivity index (χ2n) is 3.94. The average molecular weight is 260 g/mol. The highest BCUT2D eigenvalue weighted by Gasteiger charge is 2.12. The predicted molar refractivity (Wildman–Crippen MR) is 69.4 cm³/mol. The lowest BCUT2D eigenvalue weighted by atomic mass is 10.0. The van der Waals surface area contributed by atoms with Crippen LogP contribution in [-0.4, -0.2) is 20.0 Å². The standard InChI is InChI=1S/C15H13FO3/c1-18-13-7-11(8-14(9-13)19-2)15(17)10-4-3-5-12(16)6-10/h3-9H,1-2H3. The Morgan fingerprint density at radius 3 is 2.11 bits per heavy atom. The molecular weight excluding hydrogens is 247 g/mol. The molecule has 0 aliphatic rings. The third kappa shape index (κ3) is 2.91. The summed E-state index contributed by atoms with van der Waals surface area (Å²) < 4.78 is 23.3. The van der Waals surface area contributed by atoms with E-state index < -0.39 is 5.82 Å². The highest BCUT2D eigenvalue weighted by atomic mass is 19.1. The molecule has 0 saturated carbocycles. The van der Waals surface area contributed by atoms with Crippen molar-refractivity contribution in [2.24, 2.45) is 0 Å². The molecule has 0 heterocycles. The Hall–Kier alpha value is -2.36. The van der Waals surface area contributed by atoms with Gasteiger partial charge in [0.05, 0.1) is 14.2 Å². The summed E-state index contributed by atoms with van der Waals surface area (Å²) in [7, 11) is 3.01. The van der Waals surface area contributed by atoms with E-state index in [1.165, 1.54) is 32.4 Å². The highest BCUT2D eigenvalue weighted by Crippen LogP contribution is 2.24. The van der Waals surface area contributed by atoms with Crippen molar-refractivity contribution in [3.05, 3.63) is 59.4 Å². The molecule has 0 saturated heterocycles. The average Bonchev–Trinajstić information content (AvgIpc) is 2.45. The summed E-state index contributed by atoms with van der Waals surface area (Å²) in [6.45, 7) is 0. The number of rotatable bonds is 4. The van der Waals surface area contributed by atoms with E-state index in [1.807, 2.05) is 0 Å². The molecule has 0 amide bonds. The van der Waals surface area contributed by atoms with Crippen molar-refractivity contribution < 1.29 is 18.7 Å². The number of benzene rings is 2. The number of ketones is 1. The van der Waals surface area contributed by atoms with E-state index in [9.17, 15) is 9.18 Å². The van der Waals surface area contributed by atoms with Crippen LogP contribution in [0.2, 0.25) is 0 Å². The smallest absolute Gasteiger partial charge is 0.193 e. The topological polar surface area (TPSA) is 35.5 Å². The third-order valence-corrected chi connectivity index (χ3v) is 2.70. The van der Waals surface area contributed by atoms with Gasteiger partial charge in [-0.2, -0.15) is 0 Å². The largest absolute Gasteiger partial charge is 0.497 e. The molecule has 0 atom stereocenters. The molecular formula is C15H13FO3. The van der Waals surface area contributed by atoms with Crippen LogP contribution in [0, 0.1) is 5.82 Å². The maximum atomic E-state index is 13.1. The quantitative estimate of drug-likeness (QED) is 0.792. The van der Waals surface area contributed by atoms with Gasteiger partial charge < -0.3 is 9.47 Å². The number of halogens is 1. The highest BCUT2D eigenvalue weighted by molar-refractivity contribution is 6.09. The van der Waals surface area contributed by atoms with Gasteiger partial charge >= 0.3 is 0 Å². The van der Waals surface area contributed by atoms with Crippen LogP contribution in [0.25, 0.3) is 0 Å². The Morgan fingerprint density at radius 2 is 1.58 bits per heavy atom. The van der Waals surface area contributed by atoms with E-state index >= 15 is 0 Å². The van der Waals surface area contributed by atoms with E-state index in [0.29, 0.717) is 17.1 Å². The fourth-order valence-electron chi connectivity index (χ4n) is 1.73. The first-order valence-corrected chi connectivity index (χ1v) is 5.67. The van der Waals surface area contributed by atoms with Gasteiger partial charge in [0.15, 0.2) is 5.78 Å². The Kier molecular flexibility index (Phi) is 3.80. The van der Waals surface area contributed by atoms with E-state index in [1.54, 1.807) is 24.3 Å². The van der Waals surface area contributed by atoms with Gasteiger partial charge in [-0.15, -0.1) is 0 Å². The SMILES string of the molecule is COc1cc(OC)cc(C(=O)c2cccc(F)c2)c1. The first-order chi connectivity index (χ1) is 9.13. The number of carbonyl (C=O) groups is 1. The molecule has 4 heteroatoms. The number of carbonyl (C=O) groups excluding carboxylic acids is 1. The first kappa shape index (κ1) is 13.1. The molecule has 2 aromatic carbocycles. The molecule has 2 rings (SSSR count). The second kappa shape index (κ2) is 5.52. The van der Waals surface area contributed by atoms with Crippen LogP contribution in [0.15, 0.2) is 42.5 Å². The summed E-state index contributed by atoms with van der Waals surface area (Å²) in [5.41, 5.74) is 0.678. The summed E-state index contributed by atoms with van der Waals surface area (Å²) in [6.07, 6.45) is 0. The molecule has 2 aromatic rings. The van der Waals surface area contributed by atoms with Crippen molar-refractivity contribution >= 4 is 5.78 Å². The second-order valence-corrected chi connectivity index (χ2v) is 3.94. The van der Waals surface area contributed by atoms with Crippen LogP contribution < -0.4 is 9.47 Å². The zero-order valence-corrected chi connectivity index (χ0v) is 10.6. The third-order valence-electron chi connectivity index (χ3n) is 2.70. The van der Waals surface area contributed by atoms with Crippen molar-refractivity contribution in [2.45, 2.75) is 0 Å². The summed E-state index contributed by atoms with van der Waals surface area (Å²) in [4.78, 5) is 12.3. The number of hydrogen-bond acceptors (Lipinski definition) is 3. The molecule has 0 spiro atoms. The lowest BCUT2D eigenvalue weighted by Gasteiger charge is -2.08. The summed E-state index contributed by atoms with van der Waals surface area (Å²) in [5, 5.41) is 0. The number of hydrogen-bond donors (Lipinski definition) is 0. The maximum Gasteiger partial charge on any atom is 0.193 e. The molecule has 0 aliphatic heterocycles. The predicted octanol–water partition coefficient (Wildman–Crippen LogP) is 3.07. The molecule has 0 unspecified atom stereocenters. The lowest BCUT2D eigenvalue weighted by Crippen LogP contribution is -2.03. The fraction of sp³-hybridized carbons (Fsp3) is 0.133. The fourth-order valence-corrected chi connectivity index (χ4v) is 1.73. The van der Waals surface area contributed by atoms with E-state index in [0.717, 1.165) is 0 Å². The van der Waals surface area contributed by atoms with Crippen LogP contribution in [-0.2, 0) is 0 Å². The van der Waals surface area contributed by atoms with E-state index in [-0.39, 0.29) is 11.3 Å². The number of ether oxygens (including phenoxy) is 2. The van der Waals surface area contributed by atoms with Gasteiger partial charge in [-0.1, -0.05) is 12.1 Å². The molecule has 0 aliphatic carbocycles.